The van der Waals surface area contributed by atoms with E-state index in [1.807, 2.05) is 0 Å². The summed E-state index contributed by atoms with van der Waals surface area (Å²) in [6.07, 6.45) is 4.18. The van der Waals surface area contributed by atoms with Gasteiger partial charge in [0.2, 0.25) is 0 Å². The fourth-order valence-electron chi connectivity index (χ4n) is 2.99. The third kappa shape index (κ3) is 6.29. The average molecular weight is 349 g/mol. The van der Waals surface area contributed by atoms with Gasteiger partial charge in [0, 0.05) is 18.0 Å². The lowest BCUT2D eigenvalue weighted by atomic mass is 9.86. The van der Waals surface area contributed by atoms with E-state index in [-0.39, 0.29) is 37.2 Å². The fraction of sp³-hybridized carbons (Fsp3) is 0.526. The molecule has 1 aromatic carbocycles. The van der Waals surface area contributed by atoms with Crippen LogP contribution in [-0.2, 0) is 14.3 Å². The summed E-state index contributed by atoms with van der Waals surface area (Å²) < 4.78 is 17.7. The van der Waals surface area contributed by atoms with Gasteiger partial charge in [-0.1, -0.05) is 19.8 Å². The minimum Gasteiger partial charge on any atom is -0.456 e. The lowest BCUT2D eigenvalue weighted by molar-refractivity contribution is -0.148. The number of carbonyl (C=O) groups is 3. The summed E-state index contributed by atoms with van der Waals surface area (Å²) in [5.41, 5.74) is 0.346. The van der Waals surface area contributed by atoms with Crippen LogP contribution < -0.4 is 5.32 Å². The second-order valence-corrected chi connectivity index (χ2v) is 6.53. The summed E-state index contributed by atoms with van der Waals surface area (Å²) in [5, 5.41) is 2.90. The molecule has 25 heavy (non-hydrogen) atoms. The number of ether oxygens (including phenoxy) is 1. The van der Waals surface area contributed by atoms with Gasteiger partial charge in [0.25, 0.3) is 5.91 Å². The number of esters is 1. The molecule has 0 heterocycles. The van der Waals surface area contributed by atoms with Crippen molar-refractivity contribution in [2.45, 2.75) is 51.5 Å². The molecule has 1 aliphatic carbocycles. The van der Waals surface area contributed by atoms with Crippen molar-refractivity contribution >= 4 is 17.7 Å². The molecule has 1 N–H and O–H groups in total. The maximum Gasteiger partial charge on any atom is 0.306 e. The largest absolute Gasteiger partial charge is 0.456 e. The van der Waals surface area contributed by atoms with Crippen LogP contribution >= 0.6 is 0 Å². The van der Waals surface area contributed by atoms with Crippen molar-refractivity contribution in [1.82, 2.24) is 5.32 Å². The molecule has 0 bridgehead atoms. The first-order valence-electron chi connectivity index (χ1n) is 8.69. The van der Waals surface area contributed by atoms with E-state index < -0.39 is 11.8 Å². The molecule has 1 aliphatic rings. The molecule has 0 spiro atoms. The molecule has 1 amide bonds. The van der Waals surface area contributed by atoms with Crippen LogP contribution in [0.2, 0.25) is 0 Å². The normalized spacial score (nSPS) is 19.9. The molecule has 5 nitrogen and oxygen atoms in total. The molecule has 6 heteroatoms. The lowest BCUT2D eigenvalue weighted by Crippen LogP contribution is -2.42. The van der Waals surface area contributed by atoms with Crippen LogP contribution in [-0.4, -0.2) is 30.3 Å². The molecule has 2 atom stereocenters. The lowest BCUT2D eigenvalue weighted by Gasteiger charge is -2.29. The number of carbonyl (C=O) groups excluding carboxylic acids is 3. The van der Waals surface area contributed by atoms with Crippen molar-refractivity contribution in [2.75, 3.05) is 6.61 Å². The van der Waals surface area contributed by atoms with E-state index in [1.54, 1.807) is 0 Å². The molecule has 1 fully saturated rings. The Bertz CT molecular complexity index is 614. The minimum absolute atomic E-state index is 0.0360. The second kappa shape index (κ2) is 9.30. The summed E-state index contributed by atoms with van der Waals surface area (Å²) in [6, 6.07) is 5.29. The molecule has 136 valence electrons. The summed E-state index contributed by atoms with van der Waals surface area (Å²) in [7, 11) is 0. The zero-order valence-corrected chi connectivity index (χ0v) is 14.4. The zero-order valence-electron chi connectivity index (χ0n) is 14.4. The van der Waals surface area contributed by atoms with Gasteiger partial charge >= 0.3 is 5.97 Å². The monoisotopic (exact) mass is 349 g/mol. The van der Waals surface area contributed by atoms with Crippen LogP contribution in [0.4, 0.5) is 4.39 Å². The Morgan fingerprint density at radius 2 is 1.80 bits per heavy atom. The predicted molar refractivity (Wildman–Crippen MR) is 90.5 cm³/mol. The molecular formula is C19H24FNO4. The number of ketones is 1. The van der Waals surface area contributed by atoms with E-state index >= 15 is 0 Å². The highest BCUT2D eigenvalue weighted by Gasteiger charge is 2.23. The van der Waals surface area contributed by atoms with Gasteiger partial charge < -0.3 is 10.1 Å². The number of amides is 1. The quantitative estimate of drug-likeness (QED) is 0.607. The number of rotatable bonds is 7. The Balaban J connectivity index is 1.67. The van der Waals surface area contributed by atoms with Crippen LogP contribution in [0, 0.1) is 11.7 Å². The Hall–Kier alpha value is -2.24. The number of hydrogen-bond acceptors (Lipinski definition) is 4. The van der Waals surface area contributed by atoms with Crippen LogP contribution in [0.1, 0.15) is 55.8 Å². The summed E-state index contributed by atoms with van der Waals surface area (Å²) in [5.74, 6) is -1.16. The van der Waals surface area contributed by atoms with Gasteiger partial charge in [-0.2, -0.15) is 0 Å². The van der Waals surface area contributed by atoms with Crippen LogP contribution in [0.15, 0.2) is 24.3 Å². The van der Waals surface area contributed by atoms with Gasteiger partial charge in [-0.15, -0.1) is 0 Å². The molecule has 0 aliphatic heterocycles. The maximum absolute atomic E-state index is 12.8. The van der Waals surface area contributed by atoms with Gasteiger partial charge in [0.1, 0.15) is 5.82 Å². The van der Waals surface area contributed by atoms with Crippen molar-refractivity contribution in [3.05, 3.63) is 35.6 Å². The van der Waals surface area contributed by atoms with Gasteiger partial charge in [-0.05, 0) is 43.0 Å². The molecular weight excluding hydrogens is 325 g/mol. The van der Waals surface area contributed by atoms with Crippen molar-refractivity contribution in [1.29, 1.82) is 0 Å². The summed E-state index contributed by atoms with van der Waals surface area (Å²) in [4.78, 5) is 35.4. The Morgan fingerprint density at radius 1 is 1.12 bits per heavy atom. The van der Waals surface area contributed by atoms with Gasteiger partial charge in [-0.25, -0.2) is 4.39 Å². The van der Waals surface area contributed by atoms with Gasteiger partial charge in [0.15, 0.2) is 12.4 Å². The third-order valence-electron chi connectivity index (χ3n) is 4.54. The standard InChI is InChI=1S/C19H24FNO4/c1-13-4-2-3-5-16(13)21-18(23)12-25-19(24)11-10-17(22)14-6-8-15(20)9-7-14/h6-9,13,16H,2-5,10-12H2,1H3,(H,21,23)/t13-,16-/m0/s1. The van der Waals surface area contributed by atoms with Crippen molar-refractivity contribution in [2.24, 2.45) is 5.92 Å². The first-order valence-corrected chi connectivity index (χ1v) is 8.69. The molecule has 1 saturated carbocycles. The van der Waals surface area contributed by atoms with Gasteiger partial charge in [-0.3, -0.25) is 14.4 Å². The first-order chi connectivity index (χ1) is 12.0. The Morgan fingerprint density at radius 3 is 2.48 bits per heavy atom. The number of hydrogen-bond donors (Lipinski definition) is 1. The van der Waals surface area contributed by atoms with E-state index in [0.29, 0.717) is 11.5 Å². The number of nitrogens with one attached hydrogen (secondary N) is 1. The van der Waals surface area contributed by atoms with Crippen molar-refractivity contribution < 1.29 is 23.5 Å². The molecule has 2 rings (SSSR count). The van der Waals surface area contributed by atoms with E-state index in [2.05, 4.69) is 12.2 Å². The average Bonchev–Trinajstić information content (AvgIpc) is 2.60. The number of Topliss-reactive ketones (excluding diaryl/α,β-unsaturated/α-hetero) is 1. The highest BCUT2D eigenvalue weighted by atomic mass is 19.1. The van der Waals surface area contributed by atoms with E-state index in [0.717, 1.165) is 19.3 Å². The number of benzene rings is 1. The molecule has 0 aromatic heterocycles. The van der Waals surface area contributed by atoms with E-state index in [4.69, 9.17) is 4.74 Å². The highest BCUT2D eigenvalue weighted by Crippen LogP contribution is 2.23. The minimum atomic E-state index is -0.595. The fourth-order valence-corrected chi connectivity index (χ4v) is 2.99. The number of halogens is 1. The Kier molecular flexibility index (Phi) is 7.10. The van der Waals surface area contributed by atoms with Crippen LogP contribution in [0.5, 0.6) is 0 Å². The van der Waals surface area contributed by atoms with Crippen LogP contribution in [0.25, 0.3) is 0 Å². The predicted octanol–water partition coefficient (Wildman–Crippen LogP) is 3.03. The molecule has 0 saturated heterocycles. The maximum atomic E-state index is 12.8. The topological polar surface area (TPSA) is 72.5 Å². The van der Waals surface area contributed by atoms with Crippen molar-refractivity contribution in [3.63, 3.8) is 0 Å². The van der Waals surface area contributed by atoms with Crippen LogP contribution in [0.3, 0.4) is 0 Å². The molecule has 0 radical (unpaired) electrons. The Labute approximate surface area is 146 Å². The zero-order chi connectivity index (χ0) is 18.2. The molecule has 1 aromatic rings. The smallest absolute Gasteiger partial charge is 0.306 e. The van der Waals surface area contributed by atoms with E-state index in [1.165, 1.54) is 30.7 Å². The second-order valence-electron chi connectivity index (χ2n) is 6.53. The third-order valence-corrected chi connectivity index (χ3v) is 4.54. The molecule has 0 unspecified atom stereocenters. The SMILES string of the molecule is C[C@H]1CCCC[C@@H]1NC(=O)COC(=O)CCC(=O)c1ccc(F)cc1. The first kappa shape index (κ1) is 19.1. The van der Waals surface area contributed by atoms with Gasteiger partial charge in [0.05, 0.1) is 6.42 Å². The van der Waals surface area contributed by atoms with E-state index in [9.17, 15) is 18.8 Å². The van der Waals surface area contributed by atoms with Crippen molar-refractivity contribution in [3.8, 4) is 0 Å². The highest BCUT2D eigenvalue weighted by molar-refractivity contribution is 5.97. The summed E-state index contributed by atoms with van der Waals surface area (Å²) >= 11 is 0. The summed E-state index contributed by atoms with van der Waals surface area (Å²) in [6.45, 7) is 1.78.